The molecule has 1 saturated heterocycles. The summed E-state index contributed by atoms with van der Waals surface area (Å²) in [5.41, 5.74) is 0.870. The van der Waals surface area contributed by atoms with Crippen LogP contribution < -0.4 is 4.72 Å². The van der Waals surface area contributed by atoms with E-state index in [2.05, 4.69) is 19.9 Å². The molecule has 39 heavy (non-hydrogen) atoms. The summed E-state index contributed by atoms with van der Waals surface area (Å²) >= 11 is 0. The van der Waals surface area contributed by atoms with Crippen LogP contribution in [0.5, 0.6) is 0 Å². The predicted octanol–water partition coefficient (Wildman–Crippen LogP) is 4.48. The fourth-order valence-corrected chi connectivity index (χ4v) is 5.38. The van der Waals surface area contributed by atoms with Crippen LogP contribution in [-0.4, -0.2) is 66.2 Å². The molecule has 2 aromatic carbocycles. The molecule has 1 aliphatic heterocycles. The third-order valence-corrected chi connectivity index (χ3v) is 7.69. The van der Waals surface area contributed by atoms with Crippen LogP contribution in [-0.2, 0) is 23.1 Å². The molecule has 0 bridgehead atoms. The normalized spacial score (nSPS) is 18.3. The van der Waals surface area contributed by atoms with Crippen molar-refractivity contribution in [3.63, 3.8) is 0 Å². The zero-order valence-electron chi connectivity index (χ0n) is 20.7. The standard InChI is InChI=1S/C25H24F4N6O3S/c1-34-11-10-20(18(26)14-34)31-19-8-5-9-21-17(19)12-22(35(21)15-25(27,28)29)24-32-23(38-33-24)13-30-39(36,37)16-6-3-2-4-7-16/h2-9,12,18,30H,10-11,13-15H2,1H3/b31-20+/t18-/m0/s1. The second-order valence-electron chi connectivity index (χ2n) is 9.17. The van der Waals surface area contributed by atoms with E-state index in [0.29, 0.717) is 29.8 Å². The Hall–Kier alpha value is -3.62. The summed E-state index contributed by atoms with van der Waals surface area (Å²) in [6.07, 6.45) is -5.45. The fraction of sp³-hybridized carbons (Fsp3) is 0.320. The van der Waals surface area contributed by atoms with Crippen LogP contribution in [0.25, 0.3) is 22.4 Å². The molecule has 3 heterocycles. The first-order valence-electron chi connectivity index (χ1n) is 12.0. The van der Waals surface area contributed by atoms with Crippen molar-refractivity contribution in [1.29, 1.82) is 0 Å². The van der Waals surface area contributed by atoms with Gasteiger partial charge in [0, 0.05) is 24.9 Å². The van der Waals surface area contributed by atoms with Crippen LogP contribution in [0.4, 0.5) is 23.2 Å². The maximum atomic E-state index is 14.6. The summed E-state index contributed by atoms with van der Waals surface area (Å²) < 4.78 is 88.8. The Kier molecular flexibility index (Phi) is 7.27. The number of aromatic nitrogens is 3. The van der Waals surface area contributed by atoms with E-state index in [1.807, 2.05) is 4.90 Å². The molecule has 5 rings (SSSR count). The Morgan fingerprint density at radius 3 is 2.64 bits per heavy atom. The van der Waals surface area contributed by atoms with Crippen molar-refractivity contribution in [3.05, 3.63) is 60.5 Å². The van der Waals surface area contributed by atoms with Gasteiger partial charge >= 0.3 is 6.18 Å². The quantitative estimate of drug-likeness (QED) is 0.332. The van der Waals surface area contributed by atoms with Gasteiger partial charge in [0.15, 0.2) is 6.17 Å². The first-order valence-corrected chi connectivity index (χ1v) is 13.5. The molecule has 1 N–H and O–H groups in total. The molecule has 0 amide bonds. The highest BCUT2D eigenvalue weighted by Gasteiger charge is 2.31. The molecule has 14 heteroatoms. The van der Waals surface area contributed by atoms with Crippen LogP contribution in [0, 0.1) is 0 Å². The fourth-order valence-electron chi connectivity index (χ4n) is 4.38. The number of rotatable bonds is 7. The van der Waals surface area contributed by atoms with E-state index in [-0.39, 0.29) is 40.9 Å². The number of nitrogens with zero attached hydrogens (tertiary/aromatic N) is 5. The van der Waals surface area contributed by atoms with Gasteiger partial charge in [-0.05, 0) is 37.4 Å². The van der Waals surface area contributed by atoms with Gasteiger partial charge in [-0.25, -0.2) is 17.5 Å². The number of sulfonamides is 1. The van der Waals surface area contributed by atoms with Gasteiger partial charge in [-0.15, -0.1) is 0 Å². The number of piperidine rings is 1. The van der Waals surface area contributed by atoms with Crippen molar-refractivity contribution in [2.24, 2.45) is 4.99 Å². The minimum atomic E-state index is -4.57. The van der Waals surface area contributed by atoms with Crippen LogP contribution in [0.15, 0.2) is 69.0 Å². The minimum Gasteiger partial charge on any atom is -0.337 e. The zero-order chi connectivity index (χ0) is 27.8. The predicted molar refractivity (Wildman–Crippen MR) is 136 cm³/mol. The molecule has 1 fully saturated rings. The van der Waals surface area contributed by atoms with Gasteiger partial charge in [-0.2, -0.15) is 18.2 Å². The lowest BCUT2D eigenvalue weighted by molar-refractivity contribution is -0.139. The Morgan fingerprint density at radius 1 is 1.15 bits per heavy atom. The van der Waals surface area contributed by atoms with Gasteiger partial charge in [-0.1, -0.05) is 29.4 Å². The Labute approximate surface area is 221 Å². The molecule has 2 aromatic heterocycles. The number of benzene rings is 2. The van der Waals surface area contributed by atoms with Gasteiger partial charge in [0.2, 0.25) is 21.7 Å². The van der Waals surface area contributed by atoms with Crippen molar-refractivity contribution >= 4 is 32.3 Å². The van der Waals surface area contributed by atoms with Crippen molar-refractivity contribution in [1.82, 2.24) is 24.3 Å². The van der Waals surface area contributed by atoms with Crippen molar-refractivity contribution in [2.75, 3.05) is 20.1 Å². The molecular weight excluding hydrogens is 540 g/mol. The Bertz CT molecular complexity index is 1620. The van der Waals surface area contributed by atoms with Crippen LogP contribution in [0.2, 0.25) is 0 Å². The Morgan fingerprint density at radius 2 is 1.92 bits per heavy atom. The number of nitrogens with one attached hydrogen (secondary N) is 1. The molecule has 1 aliphatic rings. The van der Waals surface area contributed by atoms with Crippen molar-refractivity contribution in [3.8, 4) is 11.5 Å². The molecule has 0 radical (unpaired) electrons. The van der Waals surface area contributed by atoms with E-state index in [4.69, 9.17) is 4.52 Å². The largest absolute Gasteiger partial charge is 0.406 e. The average molecular weight is 565 g/mol. The SMILES string of the molecule is CN1CC/C(=N\c2cccc3c2cc(-c2noc(CNS(=O)(=O)c4ccccc4)n2)n3CC(F)(F)F)[C@@H](F)C1. The van der Waals surface area contributed by atoms with Gasteiger partial charge in [0.1, 0.15) is 6.54 Å². The summed E-state index contributed by atoms with van der Waals surface area (Å²) in [6, 6.07) is 13.8. The summed E-state index contributed by atoms with van der Waals surface area (Å²) in [4.78, 5) is 10.5. The number of halogens is 4. The zero-order valence-corrected chi connectivity index (χ0v) is 21.5. The number of fused-ring (bicyclic) bond motifs is 1. The van der Waals surface area contributed by atoms with E-state index in [1.165, 1.54) is 24.3 Å². The van der Waals surface area contributed by atoms with Gasteiger partial charge in [0.25, 0.3) is 0 Å². The van der Waals surface area contributed by atoms with Gasteiger partial charge in [0.05, 0.1) is 34.0 Å². The molecule has 0 unspecified atom stereocenters. The number of likely N-dealkylation sites (tertiary alicyclic amines) is 1. The summed E-state index contributed by atoms with van der Waals surface area (Å²) in [5.74, 6) is -0.300. The summed E-state index contributed by atoms with van der Waals surface area (Å²) in [7, 11) is -2.07. The highest BCUT2D eigenvalue weighted by atomic mass is 32.2. The molecule has 0 saturated carbocycles. The molecule has 1 atom stereocenters. The summed E-state index contributed by atoms with van der Waals surface area (Å²) in [6.45, 7) is -0.897. The highest BCUT2D eigenvalue weighted by Crippen LogP contribution is 2.35. The van der Waals surface area contributed by atoms with Crippen LogP contribution in [0.1, 0.15) is 12.3 Å². The third kappa shape index (κ3) is 6.02. The molecule has 9 nitrogen and oxygen atoms in total. The molecular formula is C25H24F4N6O3S. The first kappa shape index (κ1) is 27.0. The topological polar surface area (TPSA) is 106 Å². The number of alkyl halides is 4. The lowest BCUT2D eigenvalue weighted by atomic mass is 10.1. The van der Waals surface area contributed by atoms with E-state index in [1.54, 1.807) is 37.4 Å². The average Bonchev–Trinajstić information content (AvgIpc) is 3.50. The maximum Gasteiger partial charge on any atom is 0.406 e. The third-order valence-electron chi connectivity index (χ3n) is 6.27. The van der Waals surface area contributed by atoms with Crippen molar-refractivity contribution < 1.29 is 30.5 Å². The first-order chi connectivity index (χ1) is 18.5. The molecule has 0 spiro atoms. The van der Waals surface area contributed by atoms with E-state index >= 15 is 0 Å². The number of hydrogen-bond acceptors (Lipinski definition) is 7. The number of hydrogen-bond donors (Lipinski definition) is 1. The lowest BCUT2D eigenvalue weighted by Crippen LogP contribution is -2.39. The second kappa shape index (κ2) is 10.5. The molecule has 4 aromatic rings. The van der Waals surface area contributed by atoms with Gasteiger partial charge < -0.3 is 14.0 Å². The lowest BCUT2D eigenvalue weighted by Gasteiger charge is -2.26. The van der Waals surface area contributed by atoms with Crippen LogP contribution in [0.3, 0.4) is 0 Å². The smallest absolute Gasteiger partial charge is 0.337 e. The van der Waals surface area contributed by atoms with Crippen molar-refractivity contribution in [2.45, 2.75) is 36.8 Å². The second-order valence-corrected chi connectivity index (χ2v) is 10.9. The minimum absolute atomic E-state index is 0.00364. The monoisotopic (exact) mass is 564 g/mol. The van der Waals surface area contributed by atoms with E-state index in [9.17, 15) is 26.0 Å². The number of aliphatic imine (C=N–C) groups is 1. The molecule has 206 valence electrons. The van der Waals surface area contributed by atoms with Crippen LogP contribution >= 0.6 is 0 Å². The van der Waals surface area contributed by atoms with Gasteiger partial charge in [-0.3, -0.25) is 4.99 Å². The highest BCUT2D eigenvalue weighted by molar-refractivity contribution is 7.89. The summed E-state index contributed by atoms with van der Waals surface area (Å²) in [5, 5.41) is 4.17. The Balaban J connectivity index is 1.49. The molecule has 0 aliphatic carbocycles. The van der Waals surface area contributed by atoms with E-state index in [0.717, 1.165) is 4.57 Å². The maximum absolute atomic E-state index is 14.6. The van der Waals surface area contributed by atoms with E-state index < -0.39 is 28.9 Å².